The smallest absolute Gasteiger partial charge is 0.317 e. The predicted molar refractivity (Wildman–Crippen MR) is 150 cm³/mol. The van der Waals surface area contributed by atoms with E-state index in [-0.39, 0.29) is 31.3 Å². The summed E-state index contributed by atoms with van der Waals surface area (Å²) in [6.45, 7) is 6.32. The van der Waals surface area contributed by atoms with Crippen molar-refractivity contribution in [2.45, 2.75) is 75.4 Å². The van der Waals surface area contributed by atoms with Crippen LogP contribution in [0.4, 0.5) is 4.79 Å². The third-order valence-corrected chi connectivity index (χ3v) is 8.27. The summed E-state index contributed by atoms with van der Waals surface area (Å²) in [5, 5.41) is 36.1. The van der Waals surface area contributed by atoms with E-state index in [4.69, 9.17) is 23.7 Å². The topological polar surface area (TPSA) is 146 Å². The van der Waals surface area contributed by atoms with Crippen molar-refractivity contribution < 1.29 is 44.0 Å². The Hall–Kier alpha value is -1.13. The minimum atomic E-state index is -0.489. The average Bonchev–Trinajstić information content (AvgIpc) is 2.97. The Morgan fingerprint density at radius 2 is 1.41 bits per heavy atom. The summed E-state index contributed by atoms with van der Waals surface area (Å²) in [4.78, 5) is 15.8. The maximum atomic E-state index is 14.0. The molecule has 1 unspecified atom stereocenters. The molecular weight excluding hydrogens is 536 g/mol. The zero-order valence-electron chi connectivity index (χ0n) is 24.8. The molecule has 240 valence electrons. The Kier molecular flexibility index (Phi) is 16.7. The molecule has 13 nitrogen and oxygen atoms in total. The fraction of sp³-hybridized carbons (Fsp3) is 0.964. The zero-order valence-corrected chi connectivity index (χ0v) is 24.8. The summed E-state index contributed by atoms with van der Waals surface area (Å²) in [6, 6.07) is -0.313. The zero-order chi connectivity index (χ0) is 29.2. The van der Waals surface area contributed by atoms with Gasteiger partial charge < -0.3 is 49.4 Å². The molecule has 3 heterocycles. The van der Waals surface area contributed by atoms with Crippen LogP contribution in [0.15, 0.2) is 0 Å². The highest BCUT2D eigenvalue weighted by Crippen LogP contribution is 2.34. The van der Waals surface area contributed by atoms with Crippen LogP contribution in [0.1, 0.15) is 57.8 Å². The lowest BCUT2D eigenvalue weighted by molar-refractivity contribution is -0.213. The van der Waals surface area contributed by atoms with Crippen molar-refractivity contribution in [1.29, 1.82) is 0 Å². The quantitative estimate of drug-likeness (QED) is 0.320. The molecule has 13 heteroatoms. The highest BCUT2D eigenvalue weighted by molar-refractivity contribution is 5.75. The molecule has 0 aliphatic carbocycles. The molecule has 41 heavy (non-hydrogen) atoms. The maximum Gasteiger partial charge on any atom is 0.317 e. The van der Waals surface area contributed by atoms with Crippen LogP contribution in [-0.4, -0.2) is 153 Å². The predicted octanol–water partition coefficient (Wildman–Crippen LogP) is 1.48. The van der Waals surface area contributed by atoms with E-state index in [9.17, 15) is 20.3 Å². The third-order valence-electron chi connectivity index (χ3n) is 8.27. The molecule has 0 saturated carbocycles. The molecule has 3 saturated heterocycles. The van der Waals surface area contributed by atoms with Gasteiger partial charge in [0.2, 0.25) is 0 Å². The summed E-state index contributed by atoms with van der Waals surface area (Å²) in [7, 11) is 0. The van der Waals surface area contributed by atoms with Crippen molar-refractivity contribution in [3.05, 3.63) is 0 Å². The van der Waals surface area contributed by atoms with Gasteiger partial charge in [0.25, 0.3) is 0 Å². The largest absolute Gasteiger partial charge is 0.394 e. The lowest BCUT2D eigenvalue weighted by atomic mass is 9.81. The van der Waals surface area contributed by atoms with Crippen molar-refractivity contribution in [2.75, 3.05) is 98.9 Å². The number of carbonyl (C=O) groups is 1. The van der Waals surface area contributed by atoms with E-state index in [1.165, 1.54) is 10.1 Å². The van der Waals surface area contributed by atoms with Gasteiger partial charge in [-0.15, -0.1) is 0 Å². The number of nitrogens with zero attached hydrogens (tertiary/aromatic N) is 3. The molecule has 1 atom stereocenters. The van der Waals surface area contributed by atoms with Crippen LogP contribution >= 0.6 is 0 Å². The second kappa shape index (κ2) is 19.9. The number of aliphatic hydroxyl groups is 1. The number of hydroxylamine groups is 4. The normalized spacial score (nSPS) is 25.8. The molecule has 2 amide bonds. The van der Waals surface area contributed by atoms with Gasteiger partial charge in [0.15, 0.2) is 0 Å². The van der Waals surface area contributed by atoms with Crippen LogP contribution < -0.4 is 5.32 Å². The highest BCUT2D eigenvalue weighted by Gasteiger charge is 2.42. The van der Waals surface area contributed by atoms with Crippen LogP contribution in [-0.2, 0) is 23.7 Å². The van der Waals surface area contributed by atoms with E-state index in [0.29, 0.717) is 105 Å². The molecule has 3 aliphatic rings. The standard InChI is InChI=1S/C28H54N4O9/c33-13-23-41-21-11-31(26-6-3-16-39-22-12-32(36)28(24-26)7-17-40-18-8-28)27(34)29-25-4-1-14-37-19-9-30(35)10-20-38-15-2-5-25/h25-26,33,35-36H,1-24H2,(H,29,34). The molecular formula is C28H54N4O9. The summed E-state index contributed by atoms with van der Waals surface area (Å²) < 4.78 is 28.4. The first kappa shape index (κ1) is 34.4. The van der Waals surface area contributed by atoms with Gasteiger partial charge in [-0.3, -0.25) is 0 Å². The number of ether oxygens (including phenoxy) is 5. The number of carbonyl (C=O) groups excluding carboxylic acids is 1. The molecule has 1 spiro atoms. The number of hydrogen-bond donors (Lipinski definition) is 4. The van der Waals surface area contributed by atoms with Crippen LogP contribution in [0.2, 0.25) is 0 Å². The number of rotatable bonds is 7. The Morgan fingerprint density at radius 3 is 2.05 bits per heavy atom. The van der Waals surface area contributed by atoms with E-state index in [0.717, 1.165) is 38.5 Å². The van der Waals surface area contributed by atoms with Gasteiger partial charge >= 0.3 is 6.03 Å². The molecule has 3 aliphatic heterocycles. The molecule has 3 rings (SSSR count). The summed E-state index contributed by atoms with van der Waals surface area (Å²) >= 11 is 0. The SMILES string of the molecule is O=C(NC1CCCOCCN(O)CCOCCC1)N(CCOCCO)C1CCCOCCN(O)C2(CCOCC2)C1. The van der Waals surface area contributed by atoms with Crippen molar-refractivity contribution in [1.82, 2.24) is 20.3 Å². The first-order chi connectivity index (χ1) is 20.0. The first-order valence-corrected chi connectivity index (χ1v) is 15.5. The average molecular weight is 591 g/mol. The van der Waals surface area contributed by atoms with Crippen molar-refractivity contribution in [3.8, 4) is 0 Å². The summed E-state index contributed by atoms with van der Waals surface area (Å²) in [6.07, 6.45) is 6.70. The second-order valence-electron chi connectivity index (χ2n) is 11.2. The third kappa shape index (κ3) is 12.6. The number of amides is 2. The van der Waals surface area contributed by atoms with Gasteiger partial charge in [-0.25, -0.2) is 4.79 Å². The van der Waals surface area contributed by atoms with Crippen molar-refractivity contribution in [3.63, 3.8) is 0 Å². The monoisotopic (exact) mass is 590 g/mol. The lowest BCUT2D eigenvalue weighted by Crippen LogP contribution is -2.58. The molecule has 0 radical (unpaired) electrons. The highest BCUT2D eigenvalue weighted by atomic mass is 16.5. The van der Waals surface area contributed by atoms with Gasteiger partial charge in [0.1, 0.15) is 0 Å². The summed E-state index contributed by atoms with van der Waals surface area (Å²) in [5.74, 6) is 0. The molecule has 0 aromatic heterocycles. The number of urea groups is 1. The van der Waals surface area contributed by atoms with Gasteiger partial charge in [-0.05, 0) is 57.8 Å². The number of hydrogen-bond acceptors (Lipinski definition) is 11. The second-order valence-corrected chi connectivity index (χ2v) is 11.2. The Morgan fingerprint density at radius 1 is 0.829 bits per heavy atom. The van der Waals surface area contributed by atoms with Gasteiger partial charge in [0, 0.05) is 71.3 Å². The van der Waals surface area contributed by atoms with Crippen molar-refractivity contribution in [2.24, 2.45) is 0 Å². The Labute approximate surface area is 244 Å². The number of nitrogens with one attached hydrogen (secondary N) is 1. The number of aliphatic hydroxyl groups excluding tert-OH is 1. The molecule has 0 bridgehead atoms. The van der Waals surface area contributed by atoms with Crippen LogP contribution in [0.3, 0.4) is 0 Å². The van der Waals surface area contributed by atoms with Crippen molar-refractivity contribution >= 4 is 6.03 Å². The fourth-order valence-electron chi connectivity index (χ4n) is 5.88. The Bertz CT molecular complexity index is 685. The van der Waals surface area contributed by atoms with Crippen LogP contribution in [0.5, 0.6) is 0 Å². The molecule has 3 fully saturated rings. The molecule has 0 aromatic rings. The van der Waals surface area contributed by atoms with Crippen LogP contribution in [0.25, 0.3) is 0 Å². The van der Waals surface area contributed by atoms with E-state index in [2.05, 4.69) is 5.32 Å². The van der Waals surface area contributed by atoms with Gasteiger partial charge in [-0.2, -0.15) is 10.1 Å². The minimum Gasteiger partial charge on any atom is -0.394 e. The lowest BCUT2D eigenvalue weighted by Gasteiger charge is -2.47. The molecule has 0 aromatic carbocycles. The van der Waals surface area contributed by atoms with E-state index in [1.54, 1.807) is 0 Å². The van der Waals surface area contributed by atoms with E-state index < -0.39 is 5.54 Å². The summed E-state index contributed by atoms with van der Waals surface area (Å²) in [5.41, 5.74) is -0.489. The van der Waals surface area contributed by atoms with E-state index >= 15 is 0 Å². The van der Waals surface area contributed by atoms with Gasteiger partial charge in [0.05, 0.1) is 45.2 Å². The van der Waals surface area contributed by atoms with Crippen LogP contribution in [0, 0.1) is 0 Å². The first-order valence-electron chi connectivity index (χ1n) is 15.5. The minimum absolute atomic E-state index is 0.0397. The van der Waals surface area contributed by atoms with E-state index in [1.807, 2.05) is 4.90 Å². The Balaban J connectivity index is 1.71. The molecule has 4 N–H and O–H groups in total. The fourth-order valence-corrected chi connectivity index (χ4v) is 5.88. The van der Waals surface area contributed by atoms with Gasteiger partial charge in [-0.1, -0.05) is 0 Å². The maximum absolute atomic E-state index is 14.0.